The molecule has 0 aliphatic carbocycles. The molecule has 6 nitrogen and oxygen atoms in total. The number of aromatic amines is 1. The van der Waals surface area contributed by atoms with E-state index in [1.54, 1.807) is 24.4 Å². The summed E-state index contributed by atoms with van der Waals surface area (Å²) >= 11 is 0. The van der Waals surface area contributed by atoms with Crippen molar-refractivity contribution in [2.45, 2.75) is 17.4 Å². The highest BCUT2D eigenvalue weighted by Gasteiger charge is 2.26. The molecule has 3 aromatic carbocycles. The molecule has 1 unspecified atom stereocenters. The Labute approximate surface area is 162 Å². The molecule has 4 N–H and O–H groups in total. The van der Waals surface area contributed by atoms with Gasteiger partial charge in [-0.2, -0.15) is 4.72 Å². The van der Waals surface area contributed by atoms with Crippen molar-refractivity contribution in [1.29, 1.82) is 0 Å². The van der Waals surface area contributed by atoms with Crippen LogP contribution in [-0.4, -0.2) is 25.4 Å². The normalized spacial score (nSPS) is 13.0. The number of hydrogen-bond acceptors (Lipinski definition) is 3. The van der Waals surface area contributed by atoms with Crippen LogP contribution in [0.1, 0.15) is 5.56 Å². The molecule has 1 atom stereocenters. The van der Waals surface area contributed by atoms with Crippen molar-refractivity contribution >= 4 is 37.6 Å². The van der Waals surface area contributed by atoms with E-state index in [4.69, 9.17) is 5.73 Å². The number of carbonyl (C=O) groups is 1. The number of amides is 1. The smallest absolute Gasteiger partial charge is 0.241 e. The van der Waals surface area contributed by atoms with Crippen LogP contribution in [0.25, 0.3) is 21.7 Å². The Morgan fingerprint density at radius 2 is 1.64 bits per heavy atom. The SMILES string of the molecule is NC(=O)C(Cc1c[nH]c2ccccc12)NS(=O)(=O)c1cccc2ccccc12. The maximum absolute atomic E-state index is 13.0. The first-order chi connectivity index (χ1) is 13.5. The quantitative estimate of drug-likeness (QED) is 0.469. The van der Waals surface area contributed by atoms with E-state index in [1.165, 1.54) is 6.07 Å². The van der Waals surface area contributed by atoms with E-state index >= 15 is 0 Å². The molecule has 1 amide bonds. The van der Waals surface area contributed by atoms with Gasteiger partial charge in [-0.05, 0) is 29.5 Å². The summed E-state index contributed by atoms with van der Waals surface area (Å²) in [7, 11) is -3.95. The number of nitrogens with one attached hydrogen (secondary N) is 2. The summed E-state index contributed by atoms with van der Waals surface area (Å²) in [6.07, 6.45) is 1.93. The summed E-state index contributed by atoms with van der Waals surface area (Å²) in [5, 5.41) is 2.32. The number of sulfonamides is 1. The van der Waals surface area contributed by atoms with E-state index in [9.17, 15) is 13.2 Å². The molecule has 1 aromatic heterocycles. The van der Waals surface area contributed by atoms with Gasteiger partial charge in [0.1, 0.15) is 6.04 Å². The predicted octanol–water partition coefficient (Wildman–Crippen LogP) is 2.70. The molecule has 0 bridgehead atoms. The molecule has 0 saturated carbocycles. The lowest BCUT2D eigenvalue weighted by molar-refractivity contribution is -0.119. The third-order valence-electron chi connectivity index (χ3n) is 4.78. The lowest BCUT2D eigenvalue weighted by Crippen LogP contribution is -2.45. The summed E-state index contributed by atoms with van der Waals surface area (Å²) in [5.74, 6) is -0.728. The number of H-pyrrole nitrogens is 1. The van der Waals surface area contributed by atoms with Gasteiger partial charge >= 0.3 is 0 Å². The van der Waals surface area contributed by atoms with Crippen LogP contribution < -0.4 is 10.5 Å². The summed E-state index contributed by atoms with van der Waals surface area (Å²) in [6, 6.07) is 18.8. The Morgan fingerprint density at radius 1 is 0.964 bits per heavy atom. The van der Waals surface area contributed by atoms with Crippen LogP contribution in [0, 0.1) is 0 Å². The first kappa shape index (κ1) is 18.2. The van der Waals surface area contributed by atoms with Crippen LogP contribution in [0.3, 0.4) is 0 Å². The Balaban J connectivity index is 1.68. The highest BCUT2D eigenvalue weighted by atomic mass is 32.2. The molecule has 0 fully saturated rings. The van der Waals surface area contributed by atoms with Crippen LogP contribution in [0.15, 0.2) is 77.8 Å². The van der Waals surface area contributed by atoms with E-state index in [2.05, 4.69) is 9.71 Å². The van der Waals surface area contributed by atoms with Gasteiger partial charge in [0.2, 0.25) is 15.9 Å². The van der Waals surface area contributed by atoms with Gasteiger partial charge in [-0.3, -0.25) is 4.79 Å². The molecule has 1 heterocycles. The second-order valence-electron chi connectivity index (χ2n) is 6.62. The van der Waals surface area contributed by atoms with Crippen LogP contribution in [0.4, 0.5) is 0 Å². The zero-order valence-electron chi connectivity index (χ0n) is 14.9. The van der Waals surface area contributed by atoms with Crippen molar-refractivity contribution in [3.8, 4) is 0 Å². The van der Waals surface area contributed by atoms with Crippen molar-refractivity contribution in [2.24, 2.45) is 5.73 Å². The summed E-state index contributed by atoms with van der Waals surface area (Å²) in [4.78, 5) is 15.3. The largest absolute Gasteiger partial charge is 0.368 e. The lowest BCUT2D eigenvalue weighted by atomic mass is 10.1. The van der Waals surface area contributed by atoms with Gasteiger partial charge in [-0.25, -0.2) is 8.42 Å². The van der Waals surface area contributed by atoms with E-state index in [1.807, 2.05) is 42.5 Å². The van der Waals surface area contributed by atoms with E-state index < -0.39 is 22.0 Å². The molecular weight excluding hydrogens is 374 g/mol. The number of aromatic nitrogens is 1. The highest BCUT2D eigenvalue weighted by Crippen LogP contribution is 2.24. The van der Waals surface area contributed by atoms with Gasteiger partial charge < -0.3 is 10.7 Å². The van der Waals surface area contributed by atoms with Crippen molar-refractivity contribution in [2.75, 3.05) is 0 Å². The Hall–Kier alpha value is -3.16. The number of hydrogen-bond donors (Lipinski definition) is 3. The monoisotopic (exact) mass is 393 g/mol. The van der Waals surface area contributed by atoms with Crippen molar-refractivity contribution in [3.05, 3.63) is 78.5 Å². The fraction of sp³-hybridized carbons (Fsp3) is 0.0952. The fourth-order valence-corrected chi connectivity index (χ4v) is 4.84. The zero-order chi connectivity index (χ0) is 19.7. The van der Waals surface area contributed by atoms with Gasteiger partial charge in [0.05, 0.1) is 4.90 Å². The van der Waals surface area contributed by atoms with Crippen molar-refractivity contribution in [1.82, 2.24) is 9.71 Å². The third-order valence-corrected chi connectivity index (χ3v) is 6.31. The third kappa shape index (κ3) is 3.37. The second-order valence-corrected chi connectivity index (χ2v) is 8.30. The van der Waals surface area contributed by atoms with Crippen molar-refractivity contribution < 1.29 is 13.2 Å². The van der Waals surface area contributed by atoms with E-state index in [-0.39, 0.29) is 11.3 Å². The first-order valence-electron chi connectivity index (χ1n) is 8.80. The highest BCUT2D eigenvalue weighted by molar-refractivity contribution is 7.89. The topological polar surface area (TPSA) is 105 Å². The number of carbonyl (C=O) groups excluding carboxylic acids is 1. The summed E-state index contributed by atoms with van der Waals surface area (Å²) in [5.41, 5.74) is 7.25. The molecule has 0 aliphatic heterocycles. The number of primary amides is 1. The van der Waals surface area contributed by atoms with Gasteiger partial charge in [-0.15, -0.1) is 0 Å². The van der Waals surface area contributed by atoms with Gasteiger partial charge in [0.25, 0.3) is 0 Å². The number of nitrogens with two attached hydrogens (primary N) is 1. The standard InChI is InChI=1S/C21H19N3O3S/c22-21(25)19(12-15-13-23-18-10-4-3-8-16(15)18)24-28(26,27)20-11-5-7-14-6-1-2-9-17(14)20/h1-11,13,19,23-24H,12H2,(H2,22,25). The molecule has 0 spiro atoms. The molecular formula is C21H19N3O3S. The molecule has 0 saturated heterocycles. The maximum Gasteiger partial charge on any atom is 0.241 e. The Morgan fingerprint density at radius 3 is 2.43 bits per heavy atom. The minimum absolute atomic E-state index is 0.121. The van der Waals surface area contributed by atoms with Gasteiger partial charge in [0.15, 0.2) is 0 Å². The van der Waals surface area contributed by atoms with Crippen LogP contribution in [0.5, 0.6) is 0 Å². The lowest BCUT2D eigenvalue weighted by Gasteiger charge is -2.16. The first-order valence-corrected chi connectivity index (χ1v) is 10.3. The number of rotatable bonds is 6. The maximum atomic E-state index is 13.0. The van der Waals surface area contributed by atoms with Crippen LogP contribution in [0.2, 0.25) is 0 Å². The molecule has 0 radical (unpaired) electrons. The average Bonchev–Trinajstić information content (AvgIpc) is 3.10. The minimum atomic E-state index is -3.95. The number of benzene rings is 3. The minimum Gasteiger partial charge on any atom is -0.368 e. The number of para-hydroxylation sites is 1. The molecule has 28 heavy (non-hydrogen) atoms. The predicted molar refractivity (Wildman–Crippen MR) is 109 cm³/mol. The van der Waals surface area contributed by atoms with Gasteiger partial charge in [-0.1, -0.05) is 54.6 Å². The fourth-order valence-electron chi connectivity index (χ4n) is 3.40. The molecule has 4 rings (SSSR count). The Kier molecular flexibility index (Phi) is 4.62. The molecule has 4 aromatic rings. The molecule has 0 aliphatic rings. The summed E-state index contributed by atoms with van der Waals surface area (Å²) < 4.78 is 28.5. The average molecular weight is 393 g/mol. The van der Waals surface area contributed by atoms with E-state index in [0.29, 0.717) is 5.39 Å². The molecule has 7 heteroatoms. The molecule has 142 valence electrons. The summed E-state index contributed by atoms with van der Waals surface area (Å²) in [6.45, 7) is 0. The van der Waals surface area contributed by atoms with Crippen LogP contribution in [-0.2, 0) is 21.2 Å². The Bertz CT molecular complexity index is 1270. The second kappa shape index (κ2) is 7.10. The van der Waals surface area contributed by atoms with Crippen LogP contribution >= 0.6 is 0 Å². The zero-order valence-corrected chi connectivity index (χ0v) is 15.7. The van der Waals surface area contributed by atoms with Crippen molar-refractivity contribution in [3.63, 3.8) is 0 Å². The van der Waals surface area contributed by atoms with E-state index in [0.717, 1.165) is 21.9 Å². The number of fused-ring (bicyclic) bond motifs is 2. The van der Waals surface area contributed by atoms with Gasteiger partial charge in [0, 0.05) is 22.5 Å².